The van der Waals surface area contributed by atoms with E-state index in [0.29, 0.717) is 0 Å². The first-order chi connectivity index (χ1) is 9.85. The zero-order chi connectivity index (χ0) is 14.9. The van der Waals surface area contributed by atoms with Gasteiger partial charge in [0.05, 0.1) is 6.67 Å². The fourth-order valence-electron chi connectivity index (χ4n) is 3.00. The number of hydrogen-bond donors (Lipinski definition) is 0. The van der Waals surface area contributed by atoms with Crippen molar-refractivity contribution in [2.45, 2.75) is 110 Å². The van der Waals surface area contributed by atoms with Gasteiger partial charge in [-0.3, -0.25) is 4.39 Å². The molecular weight excluding hydrogens is 247 g/mol. The van der Waals surface area contributed by atoms with Crippen LogP contribution in [0.4, 0.5) is 4.39 Å². The fraction of sp³-hybridized carbons (Fsp3) is 1.00. The maximum absolute atomic E-state index is 11.9. The van der Waals surface area contributed by atoms with Crippen LogP contribution >= 0.6 is 0 Å². The molecule has 0 saturated heterocycles. The van der Waals surface area contributed by atoms with E-state index in [4.69, 9.17) is 0 Å². The van der Waals surface area contributed by atoms with E-state index in [1.54, 1.807) is 0 Å². The normalized spacial score (nSPS) is 12.8. The lowest BCUT2D eigenvalue weighted by atomic mass is 9.92. The molecule has 20 heavy (non-hydrogen) atoms. The molecule has 0 aromatic carbocycles. The topological polar surface area (TPSA) is 0 Å². The van der Waals surface area contributed by atoms with Gasteiger partial charge in [-0.25, -0.2) is 0 Å². The van der Waals surface area contributed by atoms with Crippen molar-refractivity contribution in [3.63, 3.8) is 0 Å². The lowest BCUT2D eigenvalue weighted by Crippen LogP contribution is -1.99. The molecule has 0 amide bonds. The average Bonchev–Trinajstić information content (AvgIpc) is 2.47. The van der Waals surface area contributed by atoms with Crippen molar-refractivity contribution in [3.05, 3.63) is 0 Å². The van der Waals surface area contributed by atoms with Gasteiger partial charge >= 0.3 is 0 Å². The number of hydrogen-bond acceptors (Lipinski definition) is 0. The summed E-state index contributed by atoms with van der Waals surface area (Å²) < 4.78 is 11.9. The van der Waals surface area contributed by atoms with E-state index in [1.165, 1.54) is 83.5 Å². The molecule has 0 aliphatic heterocycles. The minimum Gasteiger partial charge on any atom is -0.251 e. The highest BCUT2D eigenvalue weighted by Crippen LogP contribution is 2.21. The van der Waals surface area contributed by atoms with E-state index in [1.807, 2.05) is 0 Å². The number of rotatable bonds is 16. The molecule has 1 atom stereocenters. The van der Waals surface area contributed by atoms with E-state index >= 15 is 0 Å². The Bertz CT molecular complexity index is 167. The summed E-state index contributed by atoms with van der Waals surface area (Å²) in [6.45, 7) is 4.52. The average molecular weight is 287 g/mol. The van der Waals surface area contributed by atoms with Crippen molar-refractivity contribution in [1.82, 2.24) is 0 Å². The number of alkyl halides is 1. The van der Waals surface area contributed by atoms with E-state index in [-0.39, 0.29) is 6.67 Å². The largest absolute Gasteiger partial charge is 0.251 e. The molecule has 0 spiro atoms. The summed E-state index contributed by atoms with van der Waals surface area (Å²) in [6, 6.07) is 0. The summed E-state index contributed by atoms with van der Waals surface area (Å²) in [5.41, 5.74) is 0. The predicted molar refractivity (Wildman–Crippen MR) is 90.1 cm³/mol. The SMILES string of the molecule is CCCCCC(CC)CCCCCCCCCCCF. The van der Waals surface area contributed by atoms with Crippen LogP contribution in [0.25, 0.3) is 0 Å². The monoisotopic (exact) mass is 286 g/mol. The van der Waals surface area contributed by atoms with Gasteiger partial charge in [-0.05, 0) is 12.3 Å². The summed E-state index contributed by atoms with van der Waals surface area (Å²) in [7, 11) is 0. The molecular formula is C19H39F. The molecule has 0 aromatic rings. The Morgan fingerprint density at radius 3 is 1.50 bits per heavy atom. The van der Waals surface area contributed by atoms with Gasteiger partial charge in [0.15, 0.2) is 0 Å². The number of unbranched alkanes of at least 4 members (excludes halogenated alkanes) is 10. The van der Waals surface area contributed by atoms with E-state index < -0.39 is 0 Å². The summed E-state index contributed by atoms with van der Waals surface area (Å²) in [4.78, 5) is 0. The van der Waals surface area contributed by atoms with Crippen LogP contribution in [-0.2, 0) is 0 Å². The standard InChI is InChI=1S/C19H39F/c1-3-5-13-16-19(4-2)17-14-11-9-7-6-8-10-12-15-18-20/h19H,3-18H2,1-2H3. The first kappa shape index (κ1) is 19.9. The summed E-state index contributed by atoms with van der Waals surface area (Å²) in [5, 5.41) is 0. The highest BCUT2D eigenvalue weighted by atomic mass is 19.1. The molecule has 0 rings (SSSR count). The highest BCUT2D eigenvalue weighted by Gasteiger charge is 2.05. The van der Waals surface area contributed by atoms with Crippen molar-refractivity contribution in [2.24, 2.45) is 5.92 Å². The first-order valence-corrected chi connectivity index (χ1v) is 9.41. The van der Waals surface area contributed by atoms with E-state index in [9.17, 15) is 4.39 Å². The Morgan fingerprint density at radius 1 is 0.600 bits per heavy atom. The van der Waals surface area contributed by atoms with Crippen LogP contribution in [0.5, 0.6) is 0 Å². The third kappa shape index (κ3) is 14.3. The van der Waals surface area contributed by atoms with E-state index in [0.717, 1.165) is 18.8 Å². The predicted octanol–water partition coefficient (Wildman–Crippen LogP) is 7.46. The lowest BCUT2D eigenvalue weighted by molar-refractivity contribution is 0.395. The first-order valence-electron chi connectivity index (χ1n) is 9.41. The van der Waals surface area contributed by atoms with Gasteiger partial charge in [0.25, 0.3) is 0 Å². The van der Waals surface area contributed by atoms with Gasteiger partial charge in [0, 0.05) is 0 Å². The van der Waals surface area contributed by atoms with Gasteiger partial charge in [-0.15, -0.1) is 0 Å². The molecule has 0 aromatic heterocycles. The van der Waals surface area contributed by atoms with E-state index in [2.05, 4.69) is 13.8 Å². The van der Waals surface area contributed by atoms with Gasteiger partial charge in [0.1, 0.15) is 0 Å². The molecule has 0 aliphatic carbocycles. The van der Waals surface area contributed by atoms with Crippen molar-refractivity contribution in [1.29, 1.82) is 0 Å². The van der Waals surface area contributed by atoms with Crippen molar-refractivity contribution < 1.29 is 4.39 Å². The molecule has 0 nitrogen and oxygen atoms in total. The van der Waals surface area contributed by atoms with Crippen LogP contribution in [0.3, 0.4) is 0 Å². The summed E-state index contributed by atoms with van der Waals surface area (Å²) in [5.74, 6) is 0.988. The minimum absolute atomic E-state index is 0.128. The Kier molecular flexibility index (Phi) is 16.9. The molecule has 0 radical (unpaired) electrons. The third-order valence-corrected chi connectivity index (χ3v) is 4.54. The van der Waals surface area contributed by atoms with Crippen molar-refractivity contribution in [3.8, 4) is 0 Å². The minimum atomic E-state index is -0.128. The second-order valence-electron chi connectivity index (χ2n) is 6.43. The van der Waals surface area contributed by atoms with Crippen molar-refractivity contribution in [2.75, 3.05) is 6.67 Å². The second kappa shape index (κ2) is 17.0. The summed E-state index contributed by atoms with van der Waals surface area (Å²) in [6.07, 6.45) is 19.9. The maximum Gasteiger partial charge on any atom is 0.0894 e. The molecule has 0 fully saturated rings. The van der Waals surface area contributed by atoms with Gasteiger partial charge < -0.3 is 0 Å². The molecule has 1 unspecified atom stereocenters. The molecule has 0 saturated carbocycles. The summed E-state index contributed by atoms with van der Waals surface area (Å²) >= 11 is 0. The molecule has 0 heterocycles. The second-order valence-corrected chi connectivity index (χ2v) is 6.43. The molecule has 0 N–H and O–H groups in total. The zero-order valence-electron chi connectivity index (χ0n) is 14.3. The Labute approximate surface area is 127 Å². The van der Waals surface area contributed by atoms with Crippen LogP contribution in [0.15, 0.2) is 0 Å². The lowest BCUT2D eigenvalue weighted by Gasteiger charge is -2.14. The van der Waals surface area contributed by atoms with Crippen LogP contribution in [-0.4, -0.2) is 6.67 Å². The number of halogens is 1. The molecule has 1 heteroatoms. The fourth-order valence-corrected chi connectivity index (χ4v) is 3.00. The van der Waals surface area contributed by atoms with Crippen LogP contribution in [0.2, 0.25) is 0 Å². The Morgan fingerprint density at radius 2 is 1.05 bits per heavy atom. The molecule has 122 valence electrons. The third-order valence-electron chi connectivity index (χ3n) is 4.54. The quantitative estimate of drug-likeness (QED) is 0.258. The maximum atomic E-state index is 11.9. The Hall–Kier alpha value is -0.0700. The van der Waals surface area contributed by atoms with Gasteiger partial charge in [-0.2, -0.15) is 0 Å². The van der Waals surface area contributed by atoms with Gasteiger partial charge in [-0.1, -0.05) is 104 Å². The van der Waals surface area contributed by atoms with Crippen LogP contribution in [0, 0.1) is 5.92 Å². The molecule has 0 aliphatic rings. The Balaban J connectivity index is 3.20. The zero-order valence-corrected chi connectivity index (χ0v) is 14.3. The highest BCUT2D eigenvalue weighted by molar-refractivity contribution is 4.58. The van der Waals surface area contributed by atoms with Crippen LogP contribution in [0.1, 0.15) is 110 Å². The van der Waals surface area contributed by atoms with Crippen molar-refractivity contribution >= 4 is 0 Å². The molecule has 0 bridgehead atoms. The smallest absolute Gasteiger partial charge is 0.0894 e. The van der Waals surface area contributed by atoms with Gasteiger partial charge in [0.2, 0.25) is 0 Å². The van der Waals surface area contributed by atoms with Crippen LogP contribution < -0.4 is 0 Å².